The third-order valence-corrected chi connectivity index (χ3v) is 3.97. The minimum atomic E-state index is -0.849. The lowest BCUT2D eigenvalue weighted by Crippen LogP contribution is -2.03. The lowest BCUT2D eigenvalue weighted by Gasteiger charge is -2.21. The predicted octanol–water partition coefficient (Wildman–Crippen LogP) is 3.69. The molecule has 0 aromatic carbocycles. The number of hydrogen-bond donors (Lipinski definition) is 1. The Morgan fingerprint density at radius 3 is 2.72 bits per heavy atom. The highest BCUT2D eigenvalue weighted by atomic mass is 16.4. The van der Waals surface area contributed by atoms with Gasteiger partial charge in [0.2, 0.25) is 0 Å². The maximum Gasteiger partial charge on any atom is 0.352 e. The van der Waals surface area contributed by atoms with Gasteiger partial charge in [-0.15, -0.1) is 0 Å². The topological polar surface area (TPSA) is 41.7 Å². The van der Waals surface area contributed by atoms with Gasteiger partial charge in [-0.3, -0.25) is 0 Å². The van der Waals surface area contributed by atoms with Crippen LogP contribution in [0.3, 0.4) is 0 Å². The van der Waals surface area contributed by atoms with Gasteiger partial charge in [0.25, 0.3) is 0 Å². The van der Waals surface area contributed by atoms with Crippen molar-refractivity contribution in [1.82, 2.24) is 4.40 Å². The van der Waals surface area contributed by atoms with Crippen molar-refractivity contribution in [2.45, 2.75) is 38.0 Å². The Morgan fingerprint density at radius 2 is 2.00 bits per heavy atom. The van der Waals surface area contributed by atoms with E-state index in [2.05, 4.69) is 0 Å². The Kier molecular flexibility index (Phi) is 2.82. The van der Waals surface area contributed by atoms with Crippen molar-refractivity contribution in [3.63, 3.8) is 0 Å². The Labute approximate surface area is 106 Å². The summed E-state index contributed by atoms with van der Waals surface area (Å²) in [6.45, 7) is 0. The molecule has 1 N–H and O–H groups in total. The van der Waals surface area contributed by atoms with Crippen LogP contribution in [0.4, 0.5) is 0 Å². The molecule has 3 rings (SSSR count). The first-order chi connectivity index (χ1) is 8.77. The van der Waals surface area contributed by atoms with Crippen molar-refractivity contribution in [2.75, 3.05) is 0 Å². The van der Waals surface area contributed by atoms with Crippen molar-refractivity contribution in [3.8, 4) is 0 Å². The summed E-state index contributed by atoms with van der Waals surface area (Å²) in [5.41, 5.74) is 2.65. The van der Waals surface area contributed by atoms with Crippen LogP contribution < -0.4 is 0 Å². The second-order valence-corrected chi connectivity index (χ2v) is 5.08. The SMILES string of the molecule is O=C(O)c1cc(C2CCCCC2)c2ccccn12. The number of aromatic nitrogens is 1. The van der Waals surface area contributed by atoms with Crippen LogP contribution in [0.1, 0.15) is 54.1 Å². The van der Waals surface area contributed by atoms with Crippen LogP contribution in [0.15, 0.2) is 30.5 Å². The Balaban J connectivity index is 2.13. The van der Waals surface area contributed by atoms with E-state index in [0.29, 0.717) is 11.6 Å². The fraction of sp³-hybridized carbons (Fsp3) is 0.400. The average Bonchev–Trinajstić information content (AvgIpc) is 2.79. The maximum absolute atomic E-state index is 11.3. The highest BCUT2D eigenvalue weighted by Gasteiger charge is 2.22. The first-order valence-corrected chi connectivity index (χ1v) is 6.60. The third-order valence-electron chi connectivity index (χ3n) is 3.97. The molecule has 2 heterocycles. The van der Waals surface area contributed by atoms with Crippen LogP contribution in [-0.4, -0.2) is 15.5 Å². The number of nitrogens with zero attached hydrogens (tertiary/aromatic N) is 1. The van der Waals surface area contributed by atoms with Crippen molar-refractivity contribution < 1.29 is 9.90 Å². The predicted molar refractivity (Wildman–Crippen MR) is 70.2 cm³/mol. The highest BCUT2D eigenvalue weighted by Crippen LogP contribution is 2.36. The quantitative estimate of drug-likeness (QED) is 0.874. The van der Waals surface area contributed by atoms with Crippen molar-refractivity contribution >= 4 is 11.5 Å². The molecular weight excluding hydrogens is 226 g/mol. The molecule has 1 fully saturated rings. The van der Waals surface area contributed by atoms with E-state index in [1.54, 1.807) is 4.40 Å². The van der Waals surface area contributed by atoms with E-state index in [9.17, 15) is 9.90 Å². The molecule has 18 heavy (non-hydrogen) atoms. The van der Waals surface area contributed by atoms with Gasteiger partial charge in [0.15, 0.2) is 0 Å². The molecule has 2 aromatic heterocycles. The molecule has 0 aliphatic heterocycles. The van der Waals surface area contributed by atoms with Crippen molar-refractivity contribution in [2.24, 2.45) is 0 Å². The van der Waals surface area contributed by atoms with Crippen molar-refractivity contribution in [1.29, 1.82) is 0 Å². The molecule has 0 unspecified atom stereocenters. The largest absolute Gasteiger partial charge is 0.477 e. The number of pyridine rings is 1. The van der Waals surface area contributed by atoms with Crippen LogP contribution in [-0.2, 0) is 0 Å². The molecule has 94 valence electrons. The lowest BCUT2D eigenvalue weighted by molar-refractivity contribution is 0.0689. The molecule has 0 atom stereocenters. The smallest absolute Gasteiger partial charge is 0.352 e. The monoisotopic (exact) mass is 243 g/mol. The second-order valence-electron chi connectivity index (χ2n) is 5.08. The molecule has 0 radical (unpaired) electrons. The molecule has 0 saturated heterocycles. The first kappa shape index (κ1) is 11.3. The number of hydrogen-bond acceptors (Lipinski definition) is 1. The Bertz CT molecular complexity index is 579. The molecule has 0 amide bonds. The van der Waals surface area contributed by atoms with Crippen LogP contribution in [0.2, 0.25) is 0 Å². The van der Waals surface area contributed by atoms with E-state index < -0.39 is 5.97 Å². The van der Waals surface area contributed by atoms with E-state index in [0.717, 1.165) is 5.52 Å². The summed E-state index contributed by atoms with van der Waals surface area (Å²) in [5.74, 6) is -0.317. The molecule has 0 bridgehead atoms. The Morgan fingerprint density at radius 1 is 1.22 bits per heavy atom. The molecule has 2 aromatic rings. The minimum absolute atomic E-state index is 0.381. The van der Waals surface area contributed by atoms with E-state index in [-0.39, 0.29) is 0 Å². The molecule has 1 aliphatic carbocycles. The zero-order valence-electron chi connectivity index (χ0n) is 10.3. The van der Waals surface area contributed by atoms with Gasteiger partial charge in [-0.1, -0.05) is 25.3 Å². The van der Waals surface area contributed by atoms with Crippen LogP contribution in [0.5, 0.6) is 0 Å². The number of rotatable bonds is 2. The van der Waals surface area contributed by atoms with Crippen LogP contribution in [0.25, 0.3) is 5.52 Å². The molecule has 3 heteroatoms. The Hall–Kier alpha value is -1.77. The summed E-state index contributed by atoms with van der Waals surface area (Å²) in [6.07, 6.45) is 8.05. The van der Waals surface area contributed by atoms with Gasteiger partial charge in [0, 0.05) is 11.7 Å². The second kappa shape index (κ2) is 4.48. The summed E-state index contributed by atoms with van der Waals surface area (Å²) >= 11 is 0. The summed E-state index contributed by atoms with van der Waals surface area (Å²) in [5, 5.41) is 9.27. The maximum atomic E-state index is 11.3. The zero-order chi connectivity index (χ0) is 12.5. The summed E-state index contributed by atoms with van der Waals surface area (Å²) in [6, 6.07) is 7.75. The number of carboxylic acids is 1. The van der Waals surface area contributed by atoms with Gasteiger partial charge in [-0.05, 0) is 42.5 Å². The number of aromatic carboxylic acids is 1. The van der Waals surface area contributed by atoms with Crippen molar-refractivity contribution in [3.05, 3.63) is 41.7 Å². The van der Waals surface area contributed by atoms with Gasteiger partial charge in [-0.25, -0.2) is 4.79 Å². The standard InChI is InChI=1S/C15H17NO2/c17-15(18)14-10-12(11-6-2-1-3-7-11)13-8-4-5-9-16(13)14/h4-5,8-11H,1-3,6-7H2,(H,17,18). The molecule has 1 saturated carbocycles. The normalized spacial score (nSPS) is 17.1. The van der Waals surface area contributed by atoms with Gasteiger partial charge in [0.1, 0.15) is 5.69 Å². The number of carbonyl (C=O) groups is 1. The van der Waals surface area contributed by atoms with Gasteiger partial charge >= 0.3 is 5.97 Å². The lowest BCUT2D eigenvalue weighted by atomic mass is 9.84. The van der Waals surface area contributed by atoms with E-state index in [1.807, 2.05) is 30.5 Å². The summed E-state index contributed by atoms with van der Waals surface area (Å²) in [7, 11) is 0. The summed E-state index contributed by atoms with van der Waals surface area (Å²) in [4.78, 5) is 11.3. The minimum Gasteiger partial charge on any atom is -0.477 e. The van der Waals surface area contributed by atoms with Crippen LogP contribution >= 0.6 is 0 Å². The summed E-state index contributed by atoms with van der Waals surface area (Å²) < 4.78 is 1.80. The fourth-order valence-corrected chi connectivity index (χ4v) is 3.08. The van der Waals surface area contributed by atoms with E-state index >= 15 is 0 Å². The molecule has 0 spiro atoms. The molecule has 1 aliphatic rings. The number of carboxylic acid groups (broad SMARTS) is 1. The van der Waals surface area contributed by atoms with Crippen LogP contribution in [0, 0.1) is 0 Å². The third kappa shape index (κ3) is 1.80. The number of fused-ring (bicyclic) bond motifs is 1. The highest BCUT2D eigenvalue weighted by molar-refractivity contribution is 5.88. The average molecular weight is 243 g/mol. The van der Waals surface area contributed by atoms with E-state index in [1.165, 1.54) is 37.7 Å². The molecular formula is C15H17NO2. The first-order valence-electron chi connectivity index (χ1n) is 6.60. The zero-order valence-corrected chi connectivity index (χ0v) is 10.3. The van der Waals surface area contributed by atoms with E-state index in [4.69, 9.17) is 0 Å². The fourth-order valence-electron chi connectivity index (χ4n) is 3.08. The van der Waals surface area contributed by atoms with Gasteiger partial charge < -0.3 is 9.51 Å². The molecule has 3 nitrogen and oxygen atoms in total. The van der Waals surface area contributed by atoms with Gasteiger partial charge in [0.05, 0.1) is 0 Å². The van der Waals surface area contributed by atoms with Gasteiger partial charge in [-0.2, -0.15) is 0 Å².